The fraction of sp³-hybridized carbons (Fsp3) is 0.167. The van der Waals surface area contributed by atoms with Gasteiger partial charge in [0.1, 0.15) is 12.2 Å². The van der Waals surface area contributed by atoms with Gasteiger partial charge in [0.05, 0.1) is 34.8 Å². The van der Waals surface area contributed by atoms with Crippen LogP contribution in [0.5, 0.6) is 0 Å². The lowest BCUT2D eigenvalue weighted by Crippen LogP contribution is -2.02. The molecule has 0 amide bonds. The van der Waals surface area contributed by atoms with Crippen LogP contribution in [0.25, 0.3) is 5.69 Å². The zero-order valence-corrected chi connectivity index (χ0v) is 11.5. The SMILES string of the molecule is Cc1ncc(CNc2cc(-n3cnnn3)ccc2Cl)[nH]1. The van der Waals surface area contributed by atoms with Crippen molar-refractivity contribution in [3.8, 4) is 5.69 Å². The zero-order valence-electron chi connectivity index (χ0n) is 10.7. The van der Waals surface area contributed by atoms with E-state index in [-0.39, 0.29) is 0 Å². The maximum absolute atomic E-state index is 6.18. The van der Waals surface area contributed by atoms with E-state index >= 15 is 0 Å². The molecule has 0 fully saturated rings. The van der Waals surface area contributed by atoms with Crippen LogP contribution in [-0.2, 0) is 6.54 Å². The molecule has 0 atom stereocenters. The lowest BCUT2D eigenvalue weighted by atomic mass is 10.2. The highest BCUT2D eigenvalue weighted by Crippen LogP contribution is 2.24. The molecular weight excluding hydrogens is 278 g/mol. The molecule has 0 aliphatic carbocycles. The molecule has 0 saturated heterocycles. The van der Waals surface area contributed by atoms with Gasteiger partial charge in [0.25, 0.3) is 0 Å². The highest BCUT2D eigenvalue weighted by Gasteiger charge is 2.05. The predicted octanol–water partition coefficient (Wildman–Crippen LogP) is 1.96. The van der Waals surface area contributed by atoms with Gasteiger partial charge in [0.2, 0.25) is 0 Å². The van der Waals surface area contributed by atoms with Gasteiger partial charge in [-0.15, -0.1) is 5.10 Å². The lowest BCUT2D eigenvalue weighted by Gasteiger charge is -2.09. The number of nitrogens with zero attached hydrogens (tertiary/aromatic N) is 5. The van der Waals surface area contributed by atoms with Crippen LogP contribution in [0.1, 0.15) is 11.5 Å². The van der Waals surface area contributed by atoms with Gasteiger partial charge in [-0.05, 0) is 35.5 Å². The molecule has 2 N–H and O–H groups in total. The van der Waals surface area contributed by atoms with Gasteiger partial charge in [-0.2, -0.15) is 0 Å². The van der Waals surface area contributed by atoms with Crippen LogP contribution in [0.4, 0.5) is 5.69 Å². The molecule has 3 rings (SSSR count). The number of nitrogens with one attached hydrogen (secondary N) is 2. The first-order valence-electron chi connectivity index (χ1n) is 5.99. The zero-order chi connectivity index (χ0) is 13.9. The quantitative estimate of drug-likeness (QED) is 0.767. The van der Waals surface area contributed by atoms with Crippen LogP contribution in [0.3, 0.4) is 0 Å². The van der Waals surface area contributed by atoms with Gasteiger partial charge >= 0.3 is 0 Å². The third kappa shape index (κ3) is 2.62. The smallest absolute Gasteiger partial charge is 0.143 e. The molecule has 0 saturated carbocycles. The first-order valence-corrected chi connectivity index (χ1v) is 6.37. The van der Waals surface area contributed by atoms with Gasteiger partial charge in [-0.1, -0.05) is 11.6 Å². The number of tetrazole rings is 1. The summed E-state index contributed by atoms with van der Waals surface area (Å²) in [5.74, 6) is 0.885. The summed E-state index contributed by atoms with van der Waals surface area (Å²) in [5.41, 5.74) is 2.64. The Balaban J connectivity index is 1.80. The number of anilines is 1. The number of benzene rings is 1. The van der Waals surface area contributed by atoms with E-state index in [0.717, 1.165) is 22.9 Å². The number of imidazole rings is 1. The van der Waals surface area contributed by atoms with Gasteiger partial charge < -0.3 is 10.3 Å². The predicted molar refractivity (Wildman–Crippen MR) is 74.8 cm³/mol. The Morgan fingerprint density at radius 2 is 2.30 bits per heavy atom. The van der Waals surface area contributed by atoms with Crippen molar-refractivity contribution in [1.82, 2.24) is 30.2 Å². The first-order chi connectivity index (χ1) is 9.72. The van der Waals surface area contributed by atoms with E-state index in [1.54, 1.807) is 16.9 Å². The first kappa shape index (κ1) is 12.6. The number of halogens is 1. The van der Waals surface area contributed by atoms with Gasteiger partial charge in [-0.25, -0.2) is 9.67 Å². The summed E-state index contributed by atoms with van der Waals surface area (Å²) < 4.78 is 1.57. The Kier molecular flexibility index (Phi) is 3.34. The fourth-order valence-corrected chi connectivity index (χ4v) is 2.01. The second kappa shape index (κ2) is 5.30. The van der Waals surface area contributed by atoms with Crippen LogP contribution in [-0.4, -0.2) is 30.2 Å². The van der Waals surface area contributed by atoms with E-state index in [4.69, 9.17) is 11.6 Å². The second-order valence-corrected chi connectivity index (χ2v) is 4.67. The molecule has 0 radical (unpaired) electrons. The monoisotopic (exact) mass is 289 g/mol. The fourth-order valence-electron chi connectivity index (χ4n) is 1.82. The third-order valence-corrected chi connectivity index (χ3v) is 3.12. The summed E-state index contributed by atoms with van der Waals surface area (Å²) in [6, 6.07) is 5.55. The second-order valence-electron chi connectivity index (χ2n) is 4.27. The maximum atomic E-state index is 6.18. The van der Waals surface area contributed by atoms with Crippen LogP contribution in [0, 0.1) is 6.92 Å². The Labute approximate surface area is 120 Å². The molecule has 20 heavy (non-hydrogen) atoms. The Bertz CT molecular complexity index is 704. The highest BCUT2D eigenvalue weighted by molar-refractivity contribution is 6.33. The summed E-state index contributed by atoms with van der Waals surface area (Å²) in [7, 11) is 0. The summed E-state index contributed by atoms with van der Waals surface area (Å²) >= 11 is 6.18. The van der Waals surface area contributed by atoms with Crippen LogP contribution < -0.4 is 5.32 Å². The number of rotatable bonds is 4. The van der Waals surface area contributed by atoms with Crippen molar-refractivity contribution < 1.29 is 0 Å². The van der Waals surface area contributed by atoms with Crippen molar-refractivity contribution in [3.05, 3.63) is 47.3 Å². The van der Waals surface area contributed by atoms with E-state index in [1.165, 1.54) is 6.33 Å². The average molecular weight is 290 g/mol. The molecule has 1 aromatic carbocycles. The van der Waals surface area contributed by atoms with Crippen molar-refractivity contribution in [2.24, 2.45) is 0 Å². The van der Waals surface area contributed by atoms with Crippen LogP contribution in [0.2, 0.25) is 5.02 Å². The number of hydrogen-bond donors (Lipinski definition) is 2. The largest absolute Gasteiger partial charge is 0.378 e. The van der Waals surface area contributed by atoms with E-state index in [0.29, 0.717) is 11.6 Å². The molecule has 3 aromatic rings. The van der Waals surface area contributed by atoms with E-state index in [9.17, 15) is 0 Å². The Hall–Kier alpha value is -2.41. The van der Waals surface area contributed by atoms with Crippen molar-refractivity contribution in [3.63, 3.8) is 0 Å². The number of aromatic nitrogens is 6. The molecular formula is C12H12ClN7. The van der Waals surface area contributed by atoms with E-state index in [1.807, 2.05) is 19.1 Å². The van der Waals surface area contributed by atoms with Crippen molar-refractivity contribution in [2.45, 2.75) is 13.5 Å². The topological polar surface area (TPSA) is 84.3 Å². The molecule has 0 aliphatic rings. The third-order valence-electron chi connectivity index (χ3n) is 2.79. The minimum Gasteiger partial charge on any atom is -0.378 e. The van der Waals surface area contributed by atoms with Crippen molar-refractivity contribution in [1.29, 1.82) is 0 Å². The van der Waals surface area contributed by atoms with Gasteiger partial charge in [0.15, 0.2) is 0 Å². The lowest BCUT2D eigenvalue weighted by molar-refractivity contribution is 0.789. The van der Waals surface area contributed by atoms with E-state index in [2.05, 4.69) is 30.8 Å². The van der Waals surface area contributed by atoms with Crippen LogP contribution >= 0.6 is 11.6 Å². The number of H-pyrrole nitrogens is 1. The summed E-state index contributed by atoms with van der Waals surface area (Å²) in [5, 5.41) is 15.0. The molecule has 0 bridgehead atoms. The summed E-state index contributed by atoms with van der Waals surface area (Å²) in [4.78, 5) is 7.30. The van der Waals surface area contributed by atoms with Crippen LogP contribution in [0.15, 0.2) is 30.7 Å². The molecule has 8 heteroatoms. The standard InChI is InChI=1S/C12H12ClN7/c1-8-14-5-9(17-8)6-15-12-4-10(2-3-11(12)13)20-7-16-18-19-20/h2-5,7,15H,6H2,1H3,(H,14,17). The molecule has 7 nitrogen and oxygen atoms in total. The number of hydrogen-bond acceptors (Lipinski definition) is 5. The Morgan fingerprint density at radius 3 is 3.00 bits per heavy atom. The minimum absolute atomic E-state index is 0.611. The molecule has 2 heterocycles. The molecule has 0 aliphatic heterocycles. The molecule has 0 unspecified atom stereocenters. The van der Waals surface area contributed by atoms with Gasteiger partial charge in [0, 0.05) is 0 Å². The number of aryl methyl sites for hydroxylation is 1. The highest BCUT2D eigenvalue weighted by atomic mass is 35.5. The normalized spacial score (nSPS) is 10.7. The maximum Gasteiger partial charge on any atom is 0.143 e. The van der Waals surface area contributed by atoms with Crippen molar-refractivity contribution >= 4 is 17.3 Å². The van der Waals surface area contributed by atoms with Crippen molar-refractivity contribution in [2.75, 3.05) is 5.32 Å². The van der Waals surface area contributed by atoms with Gasteiger partial charge in [-0.3, -0.25) is 0 Å². The summed E-state index contributed by atoms with van der Waals surface area (Å²) in [6.07, 6.45) is 3.33. The Morgan fingerprint density at radius 1 is 1.40 bits per heavy atom. The molecule has 102 valence electrons. The summed E-state index contributed by atoms with van der Waals surface area (Å²) in [6.45, 7) is 2.52. The molecule has 2 aromatic heterocycles. The average Bonchev–Trinajstić information content (AvgIpc) is 3.09. The minimum atomic E-state index is 0.611. The van der Waals surface area contributed by atoms with E-state index < -0.39 is 0 Å². The number of aromatic amines is 1. The molecule has 0 spiro atoms.